The summed E-state index contributed by atoms with van der Waals surface area (Å²) in [5, 5.41) is 11.0. The Morgan fingerprint density at radius 2 is 2.05 bits per heavy atom. The minimum atomic E-state index is -0.919. The van der Waals surface area contributed by atoms with E-state index in [0.29, 0.717) is 5.56 Å². The van der Waals surface area contributed by atoms with Gasteiger partial charge in [-0.1, -0.05) is 0 Å². The molecule has 0 spiro atoms. The van der Waals surface area contributed by atoms with Crippen LogP contribution in [0.5, 0.6) is 11.5 Å². The summed E-state index contributed by atoms with van der Waals surface area (Å²) in [5.74, 6) is -0.265. The third-order valence-corrected chi connectivity index (χ3v) is 2.62. The van der Waals surface area contributed by atoms with Crippen LogP contribution in [0.1, 0.15) is 12.5 Å². The highest BCUT2D eigenvalue weighted by Gasteiger charge is 2.22. The molecule has 0 amide bonds. The van der Waals surface area contributed by atoms with Gasteiger partial charge in [-0.2, -0.15) is 0 Å². The Hall–Kier alpha value is -2.35. The topological polar surface area (TPSA) is 114 Å². The Bertz CT molecular complexity index is 517. The standard InChI is InChI=1S/C12H16N2O6/c1-7(12(15)19-3)20-11-5-9(14(16)17)8(6-13)4-10(11)18-2/h4-5,7H,6,13H2,1-3H3. The van der Waals surface area contributed by atoms with Gasteiger partial charge in [-0.15, -0.1) is 0 Å². The average molecular weight is 284 g/mol. The number of nitro benzene ring substituents is 1. The molecule has 1 aromatic carbocycles. The van der Waals surface area contributed by atoms with E-state index < -0.39 is 17.0 Å². The van der Waals surface area contributed by atoms with Gasteiger partial charge in [0.05, 0.1) is 25.2 Å². The molecule has 1 atom stereocenters. The summed E-state index contributed by atoms with van der Waals surface area (Å²) in [4.78, 5) is 21.7. The summed E-state index contributed by atoms with van der Waals surface area (Å²) in [6.45, 7) is 1.45. The quantitative estimate of drug-likeness (QED) is 0.471. The van der Waals surface area contributed by atoms with Crippen molar-refractivity contribution in [3.05, 3.63) is 27.8 Å². The van der Waals surface area contributed by atoms with Crippen molar-refractivity contribution >= 4 is 11.7 Å². The SMILES string of the molecule is COC(=O)C(C)Oc1cc([N+](=O)[O-])c(CN)cc1OC. The second kappa shape index (κ2) is 6.71. The number of hydrogen-bond acceptors (Lipinski definition) is 7. The molecular formula is C12H16N2O6. The molecule has 1 aromatic rings. The molecule has 0 heterocycles. The number of rotatable bonds is 6. The fourth-order valence-electron chi connectivity index (χ4n) is 1.58. The van der Waals surface area contributed by atoms with Crippen molar-refractivity contribution in [2.45, 2.75) is 19.6 Å². The first-order chi connectivity index (χ1) is 9.44. The molecule has 8 heteroatoms. The first kappa shape index (κ1) is 15.7. The zero-order valence-electron chi connectivity index (χ0n) is 11.4. The van der Waals surface area contributed by atoms with Crippen LogP contribution in [-0.2, 0) is 16.1 Å². The highest BCUT2D eigenvalue weighted by atomic mass is 16.6. The van der Waals surface area contributed by atoms with E-state index in [1.54, 1.807) is 0 Å². The molecule has 1 unspecified atom stereocenters. The fourth-order valence-corrected chi connectivity index (χ4v) is 1.58. The maximum absolute atomic E-state index is 11.3. The van der Waals surface area contributed by atoms with Crippen LogP contribution in [0.4, 0.5) is 5.69 Å². The monoisotopic (exact) mass is 284 g/mol. The summed E-state index contributed by atoms with van der Waals surface area (Å²) in [6, 6.07) is 2.60. The Morgan fingerprint density at radius 3 is 2.50 bits per heavy atom. The number of methoxy groups -OCH3 is 2. The number of ether oxygens (including phenoxy) is 3. The lowest BCUT2D eigenvalue weighted by molar-refractivity contribution is -0.385. The molecule has 0 aliphatic rings. The van der Waals surface area contributed by atoms with Gasteiger partial charge in [0.25, 0.3) is 5.69 Å². The van der Waals surface area contributed by atoms with E-state index in [9.17, 15) is 14.9 Å². The molecule has 0 radical (unpaired) electrons. The molecule has 0 bridgehead atoms. The first-order valence-corrected chi connectivity index (χ1v) is 5.74. The fraction of sp³-hybridized carbons (Fsp3) is 0.417. The van der Waals surface area contributed by atoms with Gasteiger partial charge >= 0.3 is 5.97 Å². The van der Waals surface area contributed by atoms with Crippen LogP contribution in [0.25, 0.3) is 0 Å². The van der Waals surface area contributed by atoms with Crippen LogP contribution in [0.2, 0.25) is 0 Å². The number of nitrogens with zero attached hydrogens (tertiary/aromatic N) is 1. The van der Waals surface area contributed by atoms with E-state index in [-0.39, 0.29) is 23.7 Å². The van der Waals surface area contributed by atoms with Crippen LogP contribution in [-0.4, -0.2) is 31.2 Å². The molecule has 0 fully saturated rings. The van der Waals surface area contributed by atoms with Gasteiger partial charge in [-0.3, -0.25) is 10.1 Å². The van der Waals surface area contributed by atoms with Crippen LogP contribution in [0, 0.1) is 10.1 Å². The lowest BCUT2D eigenvalue weighted by atomic mass is 10.1. The van der Waals surface area contributed by atoms with E-state index in [0.717, 1.165) is 0 Å². The van der Waals surface area contributed by atoms with Crippen molar-refractivity contribution in [3.63, 3.8) is 0 Å². The molecular weight excluding hydrogens is 268 g/mol. The molecule has 1 rings (SSSR count). The van der Waals surface area contributed by atoms with Gasteiger partial charge in [0.15, 0.2) is 17.6 Å². The van der Waals surface area contributed by atoms with Gasteiger partial charge in [-0.25, -0.2) is 4.79 Å². The third kappa shape index (κ3) is 3.35. The second-order valence-electron chi connectivity index (χ2n) is 3.88. The van der Waals surface area contributed by atoms with E-state index in [4.69, 9.17) is 15.2 Å². The number of hydrogen-bond donors (Lipinski definition) is 1. The summed E-state index contributed by atoms with van der Waals surface area (Å²) in [7, 11) is 2.61. The normalized spacial score (nSPS) is 11.6. The molecule has 0 saturated heterocycles. The van der Waals surface area contributed by atoms with Crippen molar-refractivity contribution in [2.24, 2.45) is 5.73 Å². The summed E-state index contributed by atoms with van der Waals surface area (Å²) < 4.78 is 14.9. The van der Waals surface area contributed by atoms with Crippen molar-refractivity contribution in [1.29, 1.82) is 0 Å². The predicted molar refractivity (Wildman–Crippen MR) is 69.6 cm³/mol. The molecule has 8 nitrogen and oxygen atoms in total. The molecule has 0 saturated carbocycles. The van der Waals surface area contributed by atoms with E-state index in [1.807, 2.05) is 0 Å². The van der Waals surface area contributed by atoms with Crippen molar-refractivity contribution in [3.8, 4) is 11.5 Å². The van der Waals surface area contributed by atoms with E-state index >= 15 is 0 Å². The Kier molecular flexibility index (Phi) is 5.27. The Labute approximate surface area is 115 Å². The number of benzene rings is 1. The van der Waals surface area contributed by atoms with Gasteiger partial charge in [0.1, 0.15) is 0 Å². The van der Waals surface area contributed by atoms with Crippen molar-refractivity contribution < 1.29 is 23.9 Å². The third-order valence-electron chi connectivity index (χ3n) is 2.62. The second-order valence-corrected chi connectivity index (χ2v) is 3.88. The Morgan fingerprint density at radius 1 is 1.40 bits per heavy atom. The van der Waals surface area contributed by atoms with Crippen LogP contribution in [0.15, 0.2) is 12.1 Å². The average Bonchev–Trinajstić information content (AvgIpc) is 2.45. The van der Waals surface area contributed by atoms with Crippen LogP contribution < -0.4 is 15.2 Å². The maximum Gasteiger partial charge on any atom is 0.346 e. The zero-order chi connectivity index (χ0) is 15.3. The van der Waals surface area contributed by atoms with E-state index in [1.165, 1.54) is 33.3 Å². The van der Waals surface area contributed by atoms with Gasteiger partial charge in [0, 0.05) is 12.1 Å². The number of nitro groups is 1. The zero-order valence-corrected chi connectivity index (χ0v) is 11.4. The molecule has 0 aliphatic carbocycles. The Balaban J connectivity index is 3.20. The maximum atomic E-state index is 11.3. The van der Waals surface area contributed by atoms with Crippen molar-refractivity contribution in [2.75, 3.05) is 14.2 Å². The smallest absolute Gasteiger partial charge is 0.346 e. The number of carbonyl (C=O) groups is 1. The molecule has 0 aliphatic heterocycles. The number of esters is 1. The summed E-state index contributed by atoms with van der Waals surface area (Å²) >= 11 is 0. The number of carbonyl (C=O) groups excluding carboxylic acids is 1. The summed E-state index contributed by atoms with van der Waals surface area (Å²) in [5.41, 5.74) is 5.57. The van der Waals surface area contributed by atoms with E-state index in [2.05, 4.69) is 4.74 Å². The van der Waals surface area contributed by atoms with Crippen LogP contribution in [0.3, 0.4) is 0 Å². The minimum absolute atomic E-state index is 0.0144. The molecule has 110 valence electrons. The molecule has 20 heavy (non-hydrogen) atoms. The highest BCUT2D eigenvalue weighted by Crippen LogP contribution is 2.35. The minimum Gasteiger partial charge on any atom is -0.493 e. The summed E-state index contributed by atoms with van der Waals surface area (Å²) in [6.07, 6.45) is -0.919. The van der Waals surface area contributed by atoms with Gasteiger partial charge in [0.2, 0.25) is 0 Å². The highest BCUT2D eigenvalue weighted by molar-refractivity contribution is 5.74. The van der Waals surface area contributed by atoms with Gasteiger partial charge < -0.3 is 19.9 Å². The predicted octanol–water partition coefficient (Wildman–Crippen LogP) is 1.00. The molecule has 2 N–H and O–H groups in total. The van der Waals surface area contributed by atoms with Crippen molar-refractivity contribution in [1.82, 2.24) is 0 Å². The number of nitrogens with two attached hydrogens (primary N) is 1. The molecule has 0 aromatic heterocycles. The largest absolute Gasteiger partial charge is 0.493 e. The van der Waals surface area contributed by atoms with Crippen LogP contribution >= 0.6 is 0 Å². The van der Waals surface area contributed by atoms with Gasteiger partial charge in [-0.05, 0) is 13.0 Å². The lowest BCUT2D eigenvalue weighted by Gasteiger charge is -2.15. The first-order valence-electron chi connectivity index (χ1n) is 5.74. The lowest BCUT2D eigenvalue weighted by Crippen LogP contribution is -2.25.